The highest BCUT2D eigenvalue weighted by molar-refractivity contribution is 5.97. The molecule has 1 aromatic carbocycles. The van der Waals surface area contributed by atoms with Gasteiger partial charge in [-0.05, 0) is 43.7 Å². The number of carbonyl (C=O) groups is 1. The van der Waals surface area contributed by atoms with Gasteiger partial charge in [-0.1, -0.05) is 19.1 Å². The minimum absolute atomic E-state index is 0.192. The minimum atomic E-state index is 0.192. The van der Waals surface area contributed by atoms with Crippen LogP contribution in [0.25, 0.3) is 0 Å². The summed E-state index contributed by atoms with van der Waals surface area (Å²) in [7, 11) is 0. The van der Waals surface area contributed by atoms with Crippen LogP contribution in [-0.2, 0) is 4.79 Å². The Kier molecular flexibility index (Phi) is 3.45. The van der Waals surface area contributed by atoms with Gasteiger partial charge in [0.15, 0.2) is 0 Å². The van der Waals surface area contributed by atoms with Crippen LogP contribution in [0.2, 0.25) is 0 Å². The van der Waals surface area contributed by atoms with Crippen LogP contribution in [0, 0.1) is 11.8 Å². The maximum absolute atomic E-state index is 12.1. The molecular formula is C16H22N2O. The Morgan fingerprint density at radius 2 is 1.89 bits per heavy atom. The molecular weight excluding hydrogens is 236 g/mol. The lowest BCUT2D eigenvalue weighted by atomic mass is 10.1. The first kappa shape index (κ1) is 12.5. The van der Waals surface area contributed by atoms with E-state index in [1.54, 1.807) is 0 Å². The largest absolute Gasteiger partial charge is 0.370 e. The molecule has 0 bridgehead atoms. The summed E-state index contributed by atoms with van der Waals surface area (Å²) in [5, 5.41) is 3.12. The van der Waals surface area contributed by atoms with E-state index in [1.807, 2.05) is 12.1 Å². The third-order valence-electron chi connectivity index (χ3n) is 4.30. The van der Waals surface area contributed by atoms with Gasteiger partial charge >= 0.3 is 0 Å². The van der Waals surface area contributed by atoms with E-state index >= 15 is 0 Å². The van der Waals surface area contributed by atoms with Gasteiger partial charge in [0.05, 0.1) is 11.4 Å². The molecule has 0 spiro atoms. The molecule has 0 aromatic heterocycles. The number of hydrogen-bond acceptors (Lipinski definition) is 2. The van der Waals surface area contributed by atoms with Gasteiger partial charge in [0, 0.05) is 19.0 Å². The predicted octanol–water partition coefficient (Wildman–Crippen LogP) is 3.27. The maximum Gasteiger partial charge on any atom is 0.227 e. The van der Waals surface area contributed by atoms with E-state index < -0.39 is 0 Å². The summed E-state index contributed by atoms with van der Waals surface area (Å²) < 4.78 is 0. The summed E-state index contributed by atoms with van der Waals surface area (Å²) >= 11 is 0. The highest BCUT2D eigenvalue weighted by Crippen LogP contribution is 2.39. The molecule has 1 saturated heterocycles. The number of piperidine rings is 1. The first-order valence-corrected chi connectivity index (χ1v) is 7.40. The van der Waals surface area contributed by atoms with E-state index in [4.69, 9.17) is 0 Å². The van der Waals surface area contributed by atoms with Crippen molar-refractivity contribution < 1.29 is 4.79 Å². The van der Waals surface area contributed by atoms with Crippen molar-refractivity contribution in [3.63, 3.8) is 0 Å². The Labute approximate surface area is 115 Å². The van der Waals surface area contributed by atoms with Gasteiger partial charge in [-0.25, -0.2) is 0 Å². The fourth-order valence-electron chi connectivity index (χ4n) is 2.90. The zero-order valence-corrected chi connectivity index (χ0v) is 11.6. The Bertz CT molecular complexity index is 466. The van der Waals surface area contributed by atoms with Crippen molar-refractivity contribution in [1.29, 1.82) is 0 Å². The second kappa shape index (κ2) is 5.24. The van der Waals surface area contributed by atoms with E-state index in [9.17, 15) is 4.79 Å². The quantitative estimate of drug-likeness (QED) is 0.902. The van der Waals surface area contributed by atoms with E-state index in [1.165, 1.54) is 24.9 Å². The number of anilines is 2. The van der Waals surface area contributed by atoms with Crippen LogP contribution in [0.4, 0.5) is 11.4 Å². The number of amides is 1. The summed E-state index contributed by atoms with van der Waals surface area (Å²) in [4.78, 5) is 14.5. The molecule has 2 aliphatic rings. The summed E-state index contributed by atoms with van der Waals surface area (Å²) in [5.41, 5.74) is 2.16. The second-order valence-corrected chi connectivity index (χ2v) is 5.87. The molecule has 2 fully saturated rings. The first-order valence-electron chi connectivity index (χ1n) is 7.40. The lowest BCUT2D eigenvalue weighted by Gasteiger charge is -2.30. The number of carbonyl (C=O) groups excluding carboxylic acids is 1. The SMILES string of the molecule is C[C@@H]1C[C@@H]1C(=O)Nc1ccccc1N1CCCCC1. The fourth-order valence-corrected chi connectivity index (χ4v) is 2.90. The van der Waals surface area contributed by atoms with Gasteiger partial charge in [-0.15, -0.1) is 0 Å². The van der Waals surface area contributed by atoms with E-state index in [0.29, 0.717) is 5.92 Å². The zero-order valence-electron chi connectivity index (χ0n) is 11.6. The van der Waals surface area contributed by atoms with Crippen LogP contribution in [0.1, 0.15) is 32.6 Å². The summed E-state index contributed by atoms with van der Waals surface area (Å²) in [6, 6.07) is 8.20. The molecule has 2 atom stereocenters. The van der Waals surface area contributed by atoms with Crippen molar-refractivity contribution in [2.75, 3.05) is 23.3 Å². The third kappa shape index (κ3) is 2.75. The number of para-hydroxylation sites is 2. The van der Waals surface area contributed by atoms with Gasteiger partial charge < -0.3 is 10.2 Å². The molecule has 1 aliphatic heterocycles. The van der Waals surface area contributed by atoms with Gasteiger partial charge in [0.25, 0.3) is 0 Å². The molecule has 19 heavy (non-hydrogen) atoms. The standard InChI is InChI=1S/C16H22N2O/c1-12-11-13(12)16(19)17-14-7-3-4-8-15(14)18-9-5-2-6-10-18/h3-4,7-8,12-13H,2,5-6,9-11H2,1H3,(H,17,19)/t12-,13+/m1/s1. The van der Waals surface area contributed by atoms with Crippen molar-refractivity contribution in [1.82, 2.24) is 0 Å². The number of rotatable bonds is 3. The molecule has 1 saturated carbocycles. The number of hydrogen-bond donors (Lipinski definition) is 1. The molecule has 1 aliphatic carbocycles. The Balaban J connectivity index is 1.74. The van der Waals surface area contributed by atoms with Crippen LogP contribution in [0.3, 0.4) is 0 Å². The summed E-state index contributed by atoms with van der Waals surface area (Å²) in [5.74, 6) is 0.980. The van der Waals surface area contributed by atoms with Crippen molar-refractivity contribution in [3.8, 4) is 0 Å². The molecule has 1 aromatic rings. The van der Waals surface area contributed by atoms with Crippen molar-refractivity contribution in [2.45, 2.75) is 32.6 Å². The zero-order chi connectivity index (χ0) is 13.2. The van der Waals surface area contributed by atoms with E-state index in [2.05, 4.69) is 29.3 Å². The second-order valence-electron chi connectivity index (χ2n) is 5.87. The molecule has 1 N–H and O–H groups in total. The van der Waals surface area contributed by atoms with Crippen LogP contribution < -0.4 is 10.2 Å². The minimum Gasteiger partial charge on any atom is -0.370 e. The highest BCUT2D eigenvalue weighted by atomic mass is 16.2. The average molecular weight is 258 g/mol. The fraction of sp³-hybridized carbons (Fsp3) is 0.562. The normalized spacial score (nSPS) is 26.1. The Hall–Kier alpha value is -1.51. The molecule has 3 rings (SSSR count). The smallest absolute Gasteiger partial charge is 0.227 e. The van der Waals surface area contributed by atoms with Crippen molar-refractivity contribution in [2.24, 2.45) is 11.8 Å². The molecule has 3 heteroatoms. The van der Waals surface area contributed by atoms with Crippen LogP contribution in [0.15, 0.2) is 24.3 Å². The molecule has 1 amide bonds. The molecule has 0 radical (unpaired) electrons. The molecule has 1 heterocycles. The summed E-state index contributed by atoms with van der Waals surface area (Å²) in [6.07, 6.45) is 4.87. The van der Waals surface area contributed by atoms with E-state index in [-0.39, 0.29) is 11.8 Å². The molecule has 0 unspecified atom stereocenters. The lowest BCUT2D eigenvalue weighted by Crippen LogP contribution is -2.30. The topological polar surface area (TPSA) is 32.3 Å². The van der Waals surface area contributed by atoms with Gasteiger partial charge in [-0.3, -0.25) is 4.79 Å². The summed E-state index contributed by atoms with van der Waals surface area (Å²) in [6.45, 7) is 4.35. The van der Waals surface area contributed by atoms with Crippen LogP contribution in [0.5, 0.6) is 0 Å². The number of nitrogens with zero attached hydrogens (tertiary/aromatic N) is 1. The van der Waals surface area contributed by atoms with Crippen LogP contribution >= 0.6 is 0 Å². The van der Waals surface area contributed by atoms with Crippen LogP contribution in [-0.4, -0.2) is 19.0 Å². The van der Waals surface area contributed by atoms with Gasteiger partial charge in [0.1, 0.15) is 0 Å². The number of nitrogens with one attached hydrogen (secondary N) is 1. The monoisotopic (exact) mass is 258 g/mol. The predicted molar refractivity (Wildman–Crippen MR) is 78.4 cm³/mol. The van der Waals surface area contributed by atoms with Crippen molar-refractivity contribution >= 4 is 17.3 Å². The molecule has 102 valence electrons. The highest BCUT2D eigenvalue weighted by Gasteiger charge is 2.39. The Morgan fingerprint density at radius 1 is 1.21 bits per heavy atom. The maximum atomic E-state index is 12.1. The van der Waals surface area contributed by atoms with Gasteiger partial charge in [-0.2, -0.15) is 0 Å². The first-order chi connectivity index (χ1) is 9.25. The van der Waals surface area contributed by atoms with Crippen molar-refractivity contribution in [3.05, 3.63) is 24.3 Å². The number of benzene rings is 1. The average Bonchev–Trinajstić information content (AvgIpc) is 3.18. The molecule has 3 nitrogen and oxygen atoms in total. The third-order valence-corrected chi connectivity index (χ3v) is 4.30. The lowest BCUT2D eigenvalue weighted by molar-refractivity contribution is -0.117. The van der Waals surface area contributed by atoms with Gasteiger partial charge in [0.2, 0.25) is 5.91 Å². The Morgan fingerprint density at radius 3 is 2.58 bits per heavy atom. The van der Waals surface area contributed by atoms with E-state index in [0.717, 1.165) is 25.2 Å².